The molecule has 2 heterocycles. The number of rotatable bonds is 14. The summed E-state index contributed by atoms with van der Waals surface area (Å²) < 4.78 is 17.1. The Hall–Kier alpha value is -5.82. The zero-order valence-corrected chi connectivity index (χ0v) is 35.1. The number of benzene rings is 7. The molecular formula is C48H42IN7OS. The Kier molecular flexibility index (Phi) is 11.6. The first-order valence-corrected chi connectivity index (χ1v) is 23.9. The Bertz CT molecular complexity index is 2550. The molecule has 0 amide bonds. The largest absolute Gasteiger partial charge is 0.380 e. The maximum Gasteiger partial charge on any atom is 0.123 e. The predicted octanol–water partition coefficient (Wildman–Crippen LogP) is 14.3. The highest BCUT2D eigenvalue weighted by atomic mass is 127. The Morgan fingerprint density at radius 3 is 1.53 bits per heavy atom. The number of ether oxygens (including phenoxy) is 1. The fourth-order valence-electron chi connectivity index (χ4n) is 7.46. The maximum atomic E-state index is 6.07. The summed E-state index contributed by atoms with van der Waals surface area (Å²) in [5.41, 5.74) is 14.4. The second kappa shape index (κ2) is 17.8. The fourth-order valence-corrected chi connectivity index (χ4v) is 10.2. The molecular weight excluding hydrogens is 850 g/mol. The van der Waals surface area contributed by atoms with E-state index in [-0.39, 0.29) is 0 Å². The minimum absolute atomic E-state index is 0.541. The molecule has 1 N–H and O–H groups in total. The lowest BCUT2D eigenvalue weighted by Gasteiger charge is -2.26. The quantitative estimate of drug-likeness (QED) is 0.0662. The van der Waals surface area contributed by atoms with E-state index < -0.39 is 19.6 Å². The summed E-state index contributed by atoms with van der Waals surface area (Å²) in [6.07, 6.45) is 2.13. The molecule has 10 heteroatoms. The standard InChI is InChI=1S/C48H42IN7OS/c1-2-3-33-57-34-32-54-48-44(36-26-30-42(31-27-36)56(39-20-12-6-13-21-39)40-22-14-7-15-23-40)45-46(52-58-49-50-45)43(47(48)51-53-54)35-24-28-41(29-25-35)55(37-16-8-4-9-17-37)38-18-10-5-11-19-38/h4-31,52H,2-3,32-34H2,1H3. The number of fused-ring (bicyclic) bond motifs is 2. The van der Waals surface area contributed by atoms with Gasteiger partial charge in [-0.2, -0.15) is 0 Å². The van der Waals surface area contributed by atoms with Crippen molar-refractivity contribution in [3.63, 3.8) is 0 Å². The van der Waals surface area contributed by atoms with E-state index in [2.05, 4.69) is 191 Å². The molecule has 0 fully saturated rings. The van der Waals surface area contributed by atoms with Crippen LogP contribution in [0.25, 0.3) is 33.3 Å². The average Bonchev–Trinajstić information content (AvgIpc) is 3.71. The van der Waals surface area contributed by atoms with Crippen molar-refractivity contribution >= 4 is 85.3 Å². The fraction of sp³-hybridized carbons (Fsp3) is 0.125. The van der Waals surface area contributed by atoms with E-state index >= 15 is 0 Å². The van der Waals surface area contributed by atoms with Crippen molar-refractivity contribution in [2.24, 2.45) is 3.15 Å². The summed E-state index contributed by atoms with van der Waals surface area (Å²) in [6, 6.07) is 59.6. The molecule has 8 aromatic rings. The van der Waals surface area contributed by atoms with Crippen LogP contribution in [0.5, 0.6) is 0 Å². The van der Waals surface area contributed by atoms with Crippen LogP contribution in [0.15, 0.2) is 173 Å². The van der Waals surface area contributed by atoms with E-state index in [9.17, 15) is 0 Å². The van der Waals surface area contributed by atoms with Gasteiger partial charge in [-0.1, -0.05) is 116 Å². The Labute approximate surface area is 352 Å². The van der Waals surface area contributed by atoms with Crippen LogP contribution < -0.4 is 14.5 Å². The van der Waals surface area contributed by atoms with E-state index in [4.69, 9.17) is 18.2 Å². The molecule has 1 aliphatic rings. The SMILES string of the molecule is CCCCOCCn1nnc2c(-c3ccc(N(c4ccccc4)c4ccccc4)cc3)c3c(c(-c4ccc(N(c5ccccc5)c5ccccc5)cc4)c21)N=ISN3. The van der Waals surface area contributed by atoms with Crippen molar-refractivity contribution in [2.75, 3.05) is 27.7 Å². The van der Waals surface area contributed by atoms with Crippen LogP contribution in [0.2, 0.25) is 0 Å². The van der Waals surface area contributed by atoms with Gasteiger partial charge in [0, 0.05) is 61.0 Å². The monoisotopic (exact) mass is 891 g/mol. The first-order chi connectivity index (χ1) is 28.8. The summed E-state index contributed by atoms with van der Waals surface area (Å²) in [6.45, 7) is 4.04. The number of hydrogen-bond donors (Lipinski definition) is 1. The highest BCUT2D eigenvalue weighted by Gasteiger charge is 2.28. The molecule has 0 unspecified atom stereocenters. The summed E-state index contributed by atoms with van der Waals surface area (Å²) in [5.74, 6) is 0. The molecule has 0 bridgehead atoms. The van der Waals surface area contributed by atoms with Gasteiger partial charge in [-0.05, 0) is 90.3 Å². The lowest BCUT2D eigenvalue weighted by Crippen LogP contribution is -2.10. The van der Waals surface area contributed by atoms with Crippen molar-refractivity contribution in [3.05, 3.63) is 170 Å². The normalized spacial score (nSPS) is 12.1. The molecule has 0 saturated carbocycles. The van der Waals surface area contributed by atoms with Crippen molar-refractivity contribution in [2.45, 2.75) is 26.3 Å². The van der Waals surface area contributed by atoms with Crippen LogP contribution in [0, 0.1) is 0 Å². The Balaban J connectivity index is 1.17. The minimum Gasteiger partial charge on any atom is -0.380 e. The first-order valence-electron chi connectivity index (χ1n) is 19.6. The van der Waals surface area contributed by atoms with Gasteiger partial charge in [-0.3, -0.25) is 0 Å². The number of anilines is 7. The van der Waals surface area contributed by atoms with Crippen molar-refractivity contribution in [3.8, 4) is 22.3 Å². The number of nitrogens with one attached hydrogen (secondary N) is 1. The zero-order chi connectivity index (χ0) is 39.1. The molecule has 0 radical (unpaired) electrons. The molecule has 7 aromatic carbocycles. The van der Waals surface area contributed by atoms with E-state index in [0.717, 1.165) is 98.2 Å². The van der Waals surface area contributed by atoms with E-state index in [1.165, 1.54) is 0 Å². The third-order valence-electron chi connectivity index (χ3n) is 10.2. The number of para-hydroxylation sites is 4. The molecule has 0 atom stereocenters. The van der Waals surface area contributed by atoms with Gasteiger partial charge in [0.25, 0.3) is 0 Å². The predicted molar refractivity (Wildman–Crippen MR) is 251 cm³/mol. The number of nitrogens with zero attached hydrogens (tertiary/aromatic N) is 6. The van der Waals surface area contributed by atoms with Crippen LogP contribution in [0.4, 0.5) is 45.5 Å². The lowest BCUT2D eigenvalue weighted by atomic mass is 9.93. The summed E-state index contributed by atoms with van der Waals surface area (Å²) in [5, 5.41) is 9.75. The van der Waals surface area contributed by atoms with E-state index in [1.807, 2.05) is 4.68 Å². The third-order valence-corrected chi connectivity index (χ3v) is 12.9. The van der Waals surface area contributed by atoms with Gasteiger partial charge < -0.3 is 19.3 Å². The van der Waals surface area contributed by atoms with Gasteiger partial charge in [-0.25, -0.2) is 7.83 Å². The van der Waals surface area contributed by atoms with Gasteiger partial charge in [0.1, 0.15) is 11.2 Å². The van der Waals surface area contributed by atoms with Crippen LogP contribution in [-0.2, 0) is 11.3 Å². The minimum atomic E-state index is -0.541. The second-order valence-corrected chi connectivity index (χ2v) is 17.4. The second-order valence-electron chi connectivity index (χ2n) is 13.9. The maximum absolute atomic E-state index is 6.07. The molecule has 1 aliphatic heterocycles. The topological polar surface area (TPSA) is 70.8 Å². The molecule has 0 saturated heterocycles. The van der Waals surface area contributed by atoms with Gasteiger partial charge >= 0.3 is 0 Å². The van der Waals surface area contributed by atoms with Gasteiger partial charge in [-0.15, -0.1) is 5.10 Å². The number of halogens is 1. The molecule has 1 aromatic heterocycles. The lowest BCUT2D eigenvalue weighted by molar-refractivity contribution is 0.121. The van der Waals surface area contributed by atoms with Gasteiger partial charge in [0.2, 0.25) is 0 Å². The average molecular weight is 892 g/mol. The van der Waals surface area contributed by atoms with Crippen molar-refractivity contribution < 1.29 is 4.74 Å². The van der Waals surface area contributed by atoms with Gasteiger partial charge in [0.15, 0.2) is 0 Å². The third kappa shape index (κ3) is 7.75. The smallest absolute Gasteiger partial charge is 0.123 e. The molecule has 288 valence electrons. The Morgan fingerprint density at radius 2 is 1.05 bits per heavy atom. The highest BCUT2D eigenvalue weighted by molar-refractivity contribution is 14.2. The summed E-state index contributed by atoms with van der Waals surface area (Å²) in [4.78, 5) is 4.56. The zero-order valence-electron chi connectivity index (χ0n) is 32.1. The van der Waals surface area contributed by atoms with Crippen molar-refractivity contribution in [1.82, 2.24) is 15.0 Å². The highest BCUT2D eigenvalue weighted by Crippen LogP contribution is 2.55. The van der Waals surface area contributed by atoms with Crippen LogP contribution in [0.3, 0.4) is 0 Å². The number of hydrogen-bond acceptors (Lipinski definition) is 8. The van der Waals surface area contributed by atoms with Crippen LogP contribution >= 0.6 is 28.8 Å². The number of unbranched alkanes of at least 4 members (excludes halogenated alkanes) is 1. The summed E-state index contributed by atoms with van der Waals surface area (Å²) >= 11 is -0.541. The van der Waals surface area contributed by atoms with E-state index in [0.29, 0.717) is 13.2 Å². The summed E-state index contributed by atoms with van der Waals surface area (Å²) in [7, 11) is 1.69. The van der Waals surface area contributed by atoms with Gasteiger partial charge in [0.05, 0.1) is 44.0 Å². The first kappa shape index (κ1) is 37.7. The molecule has 0 spiro atoms. The molecule has 58 heavy (non-hydrogen) atoms. The van der Waals surface area contributed by atoms with Crippen LogP contribution in [0.1, 0.15) is 19.8 Å². The number of aromatic nitrogens is 3. The van der Waals surface area contributed by atoms with Crippen LogP contribution in [-0.4, -0.2) is 28.2 Å². The molecule has 8 nitrogen and oxygen atoms in total. The molecule has 0 aliphatic carbocycles. The van der Waals surface area contributed by atoms with Crippen molar-refractivity contribution in [1.29, 1.82) is 0 Å². The van der Waals surface area contributed by atoms with E-state index in [1.54, 1.807) is 9.12 Å². The molecule has 9 rings (SSSR count). The Morgan fingerprint density at radius 1 is 0.586 bits per heavy atom.